The summed E-state index contributed by atoms with van der Waals surface area (Å²) >= 11 is 0. The molecule has 0 bridgehead atoms. The van der Waals surface area contributed by atoms with Gasteiger partial charge < -0.3 is 15.4 Å². The Morgan fingerprint density at radius 1 is 0.857 bits per heavy atom. The minimum atomic E-state index is -0.220. The molecule has 0 aliphatic heterocycles. The summed E-state index contributed by atoms with van der Waals surface area (Å²) in [5, 5.41) is 6.54. The Morgan fingerprint density at radius 3 is 1.81 bits per heavy atom. The Balaban J connectivity index is 1.72. The summed E-state index contributed by atoms with van der Waals surface area (Å²) in [7, 11) is 0. The van der Waals surface area contributed by atoms with Crippen LogP contribution in [0.25, 0.3) is 0 Å². The van der Waals surface area contributed by atoms with Gasteiger partial charge in [-0.3, -0.25) is 0 Å². The van der Waals surface area contributed by atoms with Crippen molar-refractivity contribution in [3.63, 3.8) is 0 Å². The third kappa shape index (κ3) is 5.34. The SMILES string of the molecule is CC(C)Oc1ccc(NCCNc2ccc(F)cc2)cc1. The van der Waals surface area contributed by atoms with Crippen LogP contribution in [0.1, 0.15) is 13.8 Å². The van der Waals surface area contributed by atoms with E-state index < -0.39 is 0 Å². The third-order valence-electron chi connectivity index (χ3n) is 2.85. The molecule has 3 nitrogen and oxygen atoms in total. The maximum Gasteiger partial charge on any atom is 0.123 e. The number of benzene rings is 2. The van der Waals surface area contributed by atoms with Crippen LogP contribution in [0.15, 0.2) is 48.5 Å². The lowest BCUT2D eigenvalue weighted by molar-refractivity contribution is 0.242. The third-order valence-corrected chi connectivity index (χ3v) is 2.85. The number of hydrogen-bond donors (Lipinski definition) is 2. The maximum atomic E-state index is 12.8. The van der Waals surface area contributed by atoms with Crippen LogP contribution in [0.5, 0.6) is 5.75 Å². The second-order valence-corrected chi connectivity index (χ2v) is 5.05. The summed E-state index contributed by atoms with van der Waals surface area (Å²) in [5.74, 6) is 0.655. The van der Waals surface area contributed by atoms with Crippen LogP contribution in [-0.4, -0.2) is 19.2 Å². The lowest BCUT2D eigenvalue weighted by Gasteiger charge is -2.11. The lowest BCUT2D eigenvalue weighted by Crippen LogP contribution is -2.13. The monoisotopic (exact) mass is 288 g/mol. The van der Waals surface area contributed by atoms with Gasteiger partial charge in [0, 0.05) is 24.5 Å². The molecule has 0 aliphatic carbocycles. The fourth-order valence-corrected chi connectivity index (χ4v) is 1.90. The number of anilines is 2. The summed E-state index contributed by atoms with van der Waals surface area (Å²) in [6.07, 6.45) is 0.184. The molecular formula is C17H21FN2O. The van der Waals surface area contributed by atoms with E-state index in [0.29, 0.717) is 0 Å². The second-order valence-electron chi connectivity index (χ2n) is 5.05. The van der Waals surface area contributed by atoms with Crippen molar-refractivity contribution >= 4 is 11.4 Å². The highest BCUT2D eigenvalue weighted by Crippen LogP contribution is 2.16. The van der Waals surface area contributed by atoms with Crippen LogP contribution in [0.4, 0.5) is 15.8 Å². The first kappa shape index (κ1) is 15.2. The summed E-state index contributed by atoms with van der Waals surface area (Å²) < 4.78 is 18.3. The quantitative estimate of drug-likeness (QED) is 0.751. The molecular weight excluding hydrogens is 267 g/mol. The first-order valence-corrected chi connectivity index (χ1v) is 7.13. The molecule has 112 valence electrons. The van der Waals surface area contributed by atoms with Crippen LogP contribution in [-0.2, 0) is 0 Å². The van der Waals surface area contributed by atoms with E-state index in [1.807, 2.05) is 38.1 Å². The van der Waals surface area contributed by atoms with E-state index in [2.05, 4.69) is 10.6 Å². The zero-order chi connectivity index (χ0) is 15.1. The van der Waals surface area contributed by atoms with Gasteiger partial charge >= 0.3 is 0 Å². The molecule has 2 N–H and O–H groups in total. The largest absolute Gasteiger partial charge is 0.491 e. The summed E-state index contributed by atoms with van der Waals surface area (Å²) in [6.45, 7) is 5.55. The van der Waals surface area contributed by atoms with Crippen molar-refractivity contribution in [1.29, 1.82) is 0 Å². The first-order chi connectivity index (χ1) is 10.1. The fraction of sp³-hybridized carbons (Fsp3) is 0.294. The molecule has 0 saturated carbocycles. The van der Waals surface area contributed by atoms with Crippen molar-refractivity contribution in [3.8, 4) is 5.75 Å². The molecule has 0 amide bonds. The summed E-state index contributed by atoms with van der Waals surface area (Å²) in [4.78, 5) is 0. The minimum absolute atomic E-state index is 0.184. The normalized spacial score (nSPS) is 10.5. The number of hydrogen-bond acceptors (Lipinski definition) is 3. The number of halogens is 1. The molecule has 0 atom stereocenters. The van der Waals surface area contributed by atoms with Gasteiger partial charge in [0.2, 0.25) is 0 Å². The number of nitrogens with one attached hydrogen (secondary N) is 2. The van der Waals surface area contributed by atoms with Crippen LogP contribution in [0, 0.1) is 5.82 Å². The standard InChI is InChI=1S/C17H21FN2O/c1-13(2)21-17-9-7-16(8-10-17)20-12-11-19-15-5-3-14(18)4-6-15/h3-10,13,19-20H,11-12H2,1-2H3. The van der Waals surface area contributed by atoms with Crippen molar-refractivity contribution in [2.75, 3.05) is 23.7 Å². The molecule has 2 aromatic carbocycles. The van der Waals surface area contributed by atoms with E-state index in [0.717, 1.165) is 30.2 Å². The molecule has 0 radical (unpaired) electrons. The zero-order valence-corrected chi connectivity index (χ0v) is 12.4. The average Bonchev–Trinajstić information content (AvgIpc) is 2.46. The van der Waals surface area contributed by atoms with Crippen LogP contribution >= 0.6 is 0 Å². The van der Waals surface area contributed by atoms with Crippen molar-refractivity contribution in [3.05, 3.63) is 54.3 Å². The summed E-state index contributed by atoms with van der Waals surface area (Å²) in [5.41, 5.74) is 1.96. The van der Waals surface area contributed by atoms with Gasteiger partial charge in [-0.15, -0.1) is 0 Å². The topological polar surface area (TPSA) is 33.3 Å². The van der Waals surface area contributed by atoms with Crippen LogP contribution in [0.2, 0.25) is 0 Å². The molecule has 0 unspecified atom stereocenters. The minimum Gasteiger partial charge on any atom is -0.491 e. The second kappa shape index (κ2) is 7.53. The highest BCUT2D eigenvalue weighted by atomic mass is 19.1. The predicted octanol–water partition coefficient (Wildman–Crippen LogP) is 4.14. The van der Waals surface area contributed by atoms with E-state index in [9.17, 15) is 4.39 Å². The predicted molar refractivity (Wildman–Crippen MR) is 85.6 cm³/mol. The Bertz CT molecular complexity index is 538. The van der Waals surface area contributed by atoms with E-state index in [1.54, 1.807) is 12.1 Å². The molecule has 2 rings (SSSR count). The highest BCUT2D eigenvalue weighted by Gasteiger charge is 1.98. The molecule has 2 aromatic rings. The van der Waals surface area contributed by atoms with E-state index in [4.69, 9.17) is 4.74 Å². The zero-order valence-electron chi connectivity index (χ0n) is 12.4. The Hall–Kier alpha value is -2.23. The van der Waals surface area contributed by atoms with Crippen molar-refractivity contribution in [2.24, 2.45) is 0 Å². The summed E-state index contributed by atoms with van der Waals surface area (Å²) in [6, 6.07) is 14.3. The van der Waals surface area contributed by atoms with E-state index in [1.165, 1.54) is 12.1 Å². The maximum absolute atomic E-state index is 12.8. The lowest BCUT2D eigenvalue weighted by atomic mass is 10.3. The first-order valence-electron chi connectivity index (χ1n) is 7.13. The molecule has 0 spiro atoms. The van der Waals surface area contributed by atoms with Gasteiger partial charge in [0.1, 0.15) is 11.6 Å². The van der Waals surface area contributed by atoms with Crippen LogP contribution < -0.4 is 15.4 Å². The number of ether oxygens (including phenoxy) is 1. The van der Waals surface area contributed by atoms with Gasteiger partial charge in [-0.2, -0.15) is 0 Å². The van der Waals surface area contributed by atoms with Gasteiger partial charge in [-0.1, -0.05) is 0 Å². The van der Waals surface area contributed by atoms with Gasteiger partial charge in [-0.05, 0) is 62.4 Å². The molecule has 0 fully saturated rings. The molecule has 0 aromatic heterocycles. The van der Waals surface area contributed by atoms with Crippen molar-refractivity contribution in [1.82, 2.24) is 0 Å². The molecule has 4 heteroatoms. The van der Waals surface area contributed by atoms with E-state index >= 15 is 0 Å². The molecule has 0 aliphatic rings. The van der Waals surface area contributed by atoms with Gasteiger partial charge in [-0.25, -0.2) is 4.39 Å². The van der Waals surface area contributed by atoms with Crippen LogP contribution in [0.3, 0.4) is 0 Å². The Kier molecular flexibility index (Phi) is 5.43. The Labute approximate surface area is 125 Å². The van der Waals surface area contributed by atoms with Gasteiger partial charge in [0.15, 0.2) is 0 Å². The molecule has 21 heavy (non-hydrogen) atoms. The fourth-order valence-electron chi connectivity index (χ4n) is 1.90. The van der Waals surface area contributed by atoms with E-state index in [-0.39, 0.29) is 11.9 Å². The number of rotatable bonds is 7. The molecule has 0 heterocycles. The Morgan fingerprint density at radius 2 is 1.33 bits per heavy atom. The average molecular weight is 288 g/mol. The van der Waals surface area contributed by atoms with Crippen molar-refractivity contribution < 1.29 is 9.13 Å². The van der Waals surface area contributed by atoms with Gasteiger partial charge in [0.25, 0.3) is 0 Å². The smallest absolute Gasteiger partial charge is 0.123 e. The van der Waals surface area contributed by atoms with Gasteiger partial charge in [0.05, 0.1) is 6.10 Å². The highest BCUT2D eigenvalue weighted by molar-refractivity contribution is 5.47. The van der Waals surface area contributed by atoms with Crippen molar-refractivity contribution in [2.45, 2.75) is 20.0 Å². The molecule has 0 saturated heterocycles.